The molecule has 0 aliphatic heterocycles. The number of aromatic nitrogens is 1. The fourth-order valence-electron chi connectivity index (χ4n) is 3.14. The maximum absolute atomic E-state index is 12.5. The SMILES string of the molecule is Cc1cc(C)c(-c2csc(NC(=O)c3cc([N+](=O)[O-])cc([N+](=O)[O-])c3)n2)c(C)c1. The Morgan fingerprint density at radius 2 is 1.52 bits per heavy atom. The number of nitro groups is 2. The third kappa shape index (κ3) is 4.27. The number of non-ortho nitro benzene ring substituents is 2. The minimum absolute atomic E-state index is 0.189. The van der Waals surface area contributed by atoms with Crippen molar-refractivity contribution in [3.8, 4) is 11.3 Å². The number of aryl methyl sites for hydroxylation is 3. The Bertz CT molecular complexity index is 1100. The maximum Gasteiger partial charge on any atom is 0.277 e. The lowest BCUT2D eigenvalue weighted by Crippen LogP contribution is -2.12. The van der Waals surface area contributed by atoms with Crippen molar-refractivity contribution >= 4 is 33.8 Å². The number of nitrogens with one attached hydrogen (secondary N) is 1. The van der Waals surface area contributed by atoms with E-state index in [0.717, 1.165) is 40.5 Å². The lowest BCUT2D eigenvalue weighted by Gasteiger charge is -2.08. The zero-order valence-corrected chi connectivity index (χ0v) is 16.6. The van der Waals surface area contributed by atoms with E-state index in [1.54, 1.807) is 5.38 Å². The number of amides is 1. The molecule has 3 rings (SSSR count). The van der Waals surface area contributed by atoms with Crippen LogP contribution in [-0.4, -0.2) is 20.7 Å². The average Bonchev–Trinajstić information content (AvgIpc) is 3.08. The predicted octanol–water partition coefficient (Wildman–Crippen LogP) is 4.80. The van der Waals surface area contributed by atoms with Gasteiger partial charge in [0.15, 0.2) is 5.13 Å². The molecule has 0 aliphatic carbocycles. The van der Waals surface area contributed by atoms with Crippen molar-refractivity contribution in [1.82, 2.24) is 4.98 Å². The minimum atomic E-state index is -0.784. The average molecular weight is 412 g/mol. The topological polar surface area (TPSA) is 128 Å². The Kier molecular flexibility index (Phi) is 5.37. The van der Waals surface area contributed by atoms with Crippen LogP contribution in [0.25, 0.3) is 11.3 Å². The largest absolute Gasteiger partial charge is 0.298 e. The van der Waals surface area contributed by atoms with Gasteiger partial charge in [-0.15, -0.1) is 11.3 Å². The Hall–Kier alpha value is -3.66. The summed E-state index contributed by atoms with van der Waals surface area (Å²) in [5, 5.41) is 26.6. The van der Waals surface area contributed by atoms with Crippen molar-refractivity contribution in [3.05, 3.63) is 78.2 Å². The first-order valence-corrected chi connectivity index (χ1v) is 9.32. The molecule has 1 aromatic heterocycles. The Labute approximate surface area is 169 Å². The summed E-state index contributed by atoms with van der Waals surface area (Å²) in [6, 6.07) is 6.88. The Morgan fingerprint density at radius 3 is 2.03 bits per heavy atom. The number of nitro benzene ring substituents is 2. The van der Waals surface area contributed by atoms with Crippen molar-refractivity contribution in [1.29, 1.82) is 0 Å². The number of thiazole rings is 1. The van der Waals surface area contributed by atoms with E-state index in [0.29, 0.717) is 10.8 Å². The van der Waals surface area contributed by atoms with E-state index in [2.05, 4.69) is 10.3 Å². The van der Waals surface area contributed by atoms with Crippen LogP contribution in [0.5, 0.6) is 0 Å². The molecule has 1 amide bonds. The molecule has 1 N–H and O–H groups in total. The van der Waals surface area contributed by atoms with Crippen molar-refractivity contribution in [3.63, 3.8) is 0 Å². The van der Waals surface area contributed by atoms with Crippen LogP contribution in [0.2, 0.25) is 0 Å². The van der Waals surface area contributed by atoms with E-state index in [1.165, 1.54) is 11.3 Å². The first-order valence-electron chi connectivity index (χ1n) is 8.44. The molecule has 0 saturated carbocycles. The van der Waals surface area contributed by atoms with E-state index in [4.69, 9.17) is 0 Å². The Morgan fingerprint density at radius 1 is 0.966 bits per heavy atom. The smallest absolute Gasteiger partial charge is 0.277 e. The van der Waals surface area contributed by atoms with Crippen molar-refractivity contribution in [2.45, 2.75) is 20.8 Å². The number of hydrogen-bond acceptors (Lipinski definition) is 7. The first kappa shape index (κ1) is 20.1. The van der Waals surface area contributed by atoms with Gasteiger partial charge in [-0.25, -0.2) is 4.98 Å². The van der Waals surface area contributed by atoms with Crippen LogP contribution in [0.15, 0.2) is 35.7 Å². The molecule has 9 nitrogen and oxygen atoms in total. The summed E-state index contributed by atoms with van der Waals surface area (Å²) in [6.07, 6.45) is 0. The standard InChI is InChI=1S/C19H16N4O5S/c1-10-4-11(2)17(12(3)5-10)16-9-29-19(20-16)21-18(24)13-6-14(22(25)26)8-15(7-13)23(27)28/h4-9H,1-3H3,(H,20,21,24). The van der Waals surface area contributed by atoms with E-state index in [-0.39, 0.29) is 5.56 Å². The summed E-state index contributed by atoms with van der Waals surface area (Å²) in [5.41, 5.74) is 3.67. The molecule has 0 atom stereocenters. The summed E-state index contributed by atoms with van der Waals surface area (Å²) in [5.74, 6) is -0.713. The highest BCUT2D eigenvalue weighted by Crippen LogP contribution is 2.31. The monoisotopic (exact) mass is 412 g/mol. The number of nitrogens with zero attached hydrogens (tertiary/aromatic N) is 3. The molecule has 0 saturated heterocycles. The van der Waals surface area contributed by atoms with Crippen LogP contribution in [0.4, 0.5) is 16.5 Å². The van der Waals surface area contributed by atoms with Crippen molar-refractivity contribution < 1.29 is 14.6 Å². The van der Waals surface area contributed by atoms with E-state index >= 15 is 0 Å². The molecule has 2 aromatic carbocycles. The second-order valence-corrected chi connectivity index (χ2v) is 7.38. The number of rotatable bonds is 5. The van der Waals surface area contributed by atoms with Gasteiger partial charge in [-0.2, -0.15) is 0 Å². The third-order valence-electron chi connectivity index (χ3n) is 4.24. The number of hydrogen-bond donors (Lipinski definition) is 1. The summed E-state index contributed by atoms with van der Waals surface area (Å²) < 4.78 is 0. The molecule has 0 bridgehead atoms. The van der Waals surface area contributed by atoms with Crippen LogP contribution in [0.3, 0.4) is 0 Å². The number of benzene rings is 2. The second-order valence-electron chi connectivity index (χ2n) is 6.52. The molecular weight excluding hydrogens is 396 g/mol. The maximum atomic E-state index is 12.5. The third-order valence-corrected chi connectivity index (χ3v) is 5.00. The van der Waals surface area contributed by atoms with Gasteiger partial charge in [0.1, 0.15) is 0 Å². The van der Waals surface area contributed by atoms with Gasteiger partial charge in [0.2, 0.25) is 0 Å². The van der Waals surface area contributed by atoms with E-state index < -0.39 is 27.1 Å². The number of anilines is 1. The van der Waals surface area contributed by atoms with Gasteiger partial charge in [0.05, 0.1) is 27.2 Å². The molecule has 0 aliphatic rings. The lowest BCUT2D eigenvalue weighted by atomic mass is 9.98. The molecule has 10 heteroatoms. The van der Waals surface area contributed by atoms with E-state index in [1.807, 2.05) is 32.9 Å². The first-order chi connectivity index (χ1) is 13.7. The zero-order valence-electron chi connectivity index (χ0n) is 15.8. The van der Waals surface area contributed by atoms with Gasteiger partial charge in [-0.05, 0) is 31.9 Å². The van der Waals surface area contributed by atoms with Crippen LogP contribution in [0, 0.1) is 41.0 Å². The zero-order chi connectivity index (χ0) is 21.3. The molecule has 1 heterocycles. The van der Waals surface area contributed by atoms with E-state index in [9.17, 15) is 25.0 Å². The van der Waals surface area contributed by atoms with Gasteiger partial charge < -0.3 is 0 Å². The molecule has 3 aromatic rings. The Balaban J connectivity index is 1.90. The van der Waals surface area contributed by atoms with Gasteiger partial charge >= 0.3 is 0 Å². The lowest BCUT2D eigenvalue weighted by molar-refractivity contribution is -0.394. The van der Waals surface area contributed by atoms with Crippen LogP contribution in [0.1, 0.15) is 27.0 Å². The van der Waals surface area contributed by atoms with Gasteiger partial charge in [-0.1, -0.05) is 17.7 Å². The summed E-state index contributed by atoms with van der Waals surface area (Å²) in [4.78, 5) is 37.4. The highest BCUT2D eigenvalue weighted by atomic mass is 32.1. The van der Waals surface area contributed by atoms with Gasteiger partial charge in [0, 0.05) is 23.1 Å². The highest BCUT2D eigenvalue weighted by Gasteiger charge is 2.21. The van der Waals surface area contributed by atoms with Crippen LogP contribution >= 0.6 is 11.3 Å². The fraction of sp³-hybridized carbons (Fsp3) is 0.158. The second kappa shape index (κ2) is 7.76. The highest BCUT2D eigenvalue weighted by molar-refractivity contribution is 7.14. The van der Waals surface area contributed by atoms with Gasteiger partial charge in [0.25, 0.3) is 17.3 Å². The normalized spacial score (nSPS) is 10.6. The van der Waals surface area contributed by atoms with Crippen LogP contribution in [-0.2, 0) is 0 Å². The molecule has 0 spiro atoms. The quantitative estimate of drug-likeness (QED) is 0.473. The minimum Gasteiger partial charge on any atom is -0.298 e. The van der Waals surface area contributed by atoms with Gasteiger partial charge in [-0.3, -0.25) is 30.3 Å². The molecule has 148 valence electrons. The number of carbonyl (C=O) groups excluding carboxylic acids is 1. The number of carbonyl (C=O) groups is 1. The van der Waals surface area contributed by atoms with Crippen molar-refractivity contribution in [2.24, 2.45) is 0 Å². The molecular formula is C19H16N4O5S. The van der Waals surface area contributed by atoms with Crippen molar-refractivity contribution in [2.75, 3.05) is 5.32 Å². The predicted molar refractivity (Wildman–Crippen MR) is 109 cm³/mol. The van der Waals surface area contributed by atoms with Crippen LogP contribution < -0.4 is 5.32 Å². The summed E-state index contributed by atoms with van der Waals surface area (Å²) in [7, 11) is 0. The molecule has 0 fully saturated rings. The summed E-state index contributed by atoms with van der Waals surface area (Å²) >= 11 is 1.20. The molecule has 0 radical (unpaired) electrons. The fourth-order valence-corrected chi connectivity index (χ4v) is 3.83. The summed E-state index contributed by atoms with van der Waals surface area (Å²) in [6.45, 7) is 5.97. The molecule has 29 heavy (non-hydrogen) atoms. The molecule has 0 unspecified atom stereocenters.